The van der Waals surface area contributed by atoms with Crippen LogP contribution in [0.2, 0.25) is 0 Å². The van der Waals surface area contributed by atoms with Crippen LogP contribution in [0.4, 0.5) is 0 Å². The van der Waals surface area contributed by atoms with Gasteiger partial charge in [0.15, 0.2) is 0 Å². The first-order chi connectivity index (χ1) is 15.8. The van der Waals surface area contributed by atoms with Gasteiger partial charge in [-0.25, -0.2) is 4.98 Å². The highest BCUT2D eigenvalue weighted by atomic mass is 16.5. The van der Waals surface area contributed by atoms with Crippen LogP contribution >= 0.6 is 0 Å². The first kappa shape index (κ1) is 20.4. The first-order valence-electron chi connectivity index (χ1n) is 11.4. The summed E-state index contributed by atoms with van der Waals surface area (Å²) in [5, 5.41) is 7.13. The van der Waals surface area contributed by atoms with Gasteiger partial charge in [-0.1, -0.05) is 49.0 Å². The highest BCUT2D eigenvalue weighted by Crippen LogP contribution is 2.29. The summed E-state index contributed by atoms with van der Waals surface area (Å²) in [5.74, 6) is 2.06. The van der Waals surface area contributed by atoms with Crippen LogP contribution in [0, 0.1) is 5.92 Å². The van der Waals surface area contributed by atoms with Gasteiger partial charge < -0.3 is 14.4 Å². The molecule has 164 valence electrons. The van der Waals surface area contributed by atoms with Gasteiger partial charge in [0, 0.05) is 30.6 Å². The second-order valence-corrected chi connectivity index (χ2v) is 8.46. The lowest BCUT2D eigenvalue weighted by molar-refractivity contribution is 0.0952. The molecule has 1 aliphatic rings. The van der Waals surface area contributed by atoms with Gasteiger partial charge in [0.2, 0.25) is 11.7 Å². The summed E-state index contributed by atoms with van der Waals surface area (Å²) in [7, 11) is 0. The molecule has 7 heteroatoms. The maximum Gasteiger partial charge on any atom is 0.251 e. The zero-order chi connectivity index (χ0) is 21.8. The molecule has 1 fully saturated rings. The Hall–Kier alpha value is -3.48. The molecule has 1 saturated carbocycles. The van der Waals surface area contributed by atoms with Gasteiger partial charge in [-0.15, -0.1) is 0 Å². The number of imidazole rings is 1. The second kappa shape index (κ2) is 9.34. The topological polar surface area (TPSA) is 85.8 Å². The van der Waals surface area contributed by atoms with Crippen LogP contribution in [-0.4, -0.2) is 32.1 Å². The van der Waals surface area contributed by atoms with E-state index in [4.69, 9.17) is 4.52 Å². The highest BCUT2D eigenvalue weighted by molar-refractivity contribution is 5.94. The number of aromatic nitrogens is 4. The number of aryl methyl sites for hydroxylation is 1. The van der Waals surface area contributed by atoms with Crippen molar-refractivity contribution in [2.45, 2.75) is 45.1 Å². The van der Waals surface area contributed by atoms with Gasteiger partial charge in [-0.2, -0.15) is 4.98 Å². The number of carbonyl (C=O) groups is 1. The fraction of sp³-hybridized carbons (Fsp3) is 0.360. The molecule has 2 aromatic carbocycles. The van der Waals surface area contributed by atoms with E-state index in [1.165, 1.54) is 25.7 Å². The number of amides is 1. The molecule has 0 aliphatic heterocycles. The third-order valence-corrected chi connectivity index (χ3v) is 6.26. The van der Waals surface area contributed by atoms with Crippen molar-refractivity contribution in [1.29, 1.82) is 0 Å². The molecule has 0 spiro atoms. The van der Waals surface area contributed by atoms with E-state index >= 15 is 0 Å². The monoisotopic (exact) mass is 429 g/mol. The van der Waals surface area contributed by atoms with Crippen molar-refractivity contribution < 1.29 is 9.32 Å². The van der Waals surface area contributed by atoms with Crippen LogP contribution in [0.15, 0.2) is 59.4 Å². The van der Waals surface area contributed by atoms with Crippen molar-refractivity contribution in [2.75, 3.05) is 6.54 Å². The summed E-state index contributed by atoms with van der Waals surface area (Å²) in [6.07, 6.45) is 9.14. The number of nitrogens with one attached hydrogen (secondary N) is 1. The van der Waals surface area contributed by atoms with Crippen LogP contribution in [-0.2, 0) is 13.0 Å². The zero-order valence-electron chi connectivity index (χ0n) is 18.0. The summed E-state index contributed by atoms with van der Waals surface area (Å²) in [4.78, 5) is 21.3. The van der Waals surface area contributed by atoms with E-state index in [-0.39, 0.29) is 5.91 Å². The summed E-state index contributed by atoms with van der Waals surface area (Å²) < 4.78 is 7.52. The van der Waals surface area contributed by atoms with Gasteiger partial charge in [0.1, 0.15) is 0 Å². The predicted octanol–water partition coefficient (Wildman–Crippen LogP) is 4.64. The first-order valence-corrected chi connectivity index (χ1v) is 11.4. The van der Waals surface area contributed by atoms with E-state index in [2.05, 4.69) is 20.4 Å². The maximum atomic E-state index is 12.2. The fourth-order valence-electron chi connectivity index (χ4n) is 4.46. The van der Waals surface area contributed by atoms with Crippen molar-refractivity contribution in [2.24, 2.45) is 5.92 Å². The minimum absolute atomic E-state index is 0.0712. The summed E-state index contributed by atoms with van der Waals surface area (Å²) in [5.41, 5.74) is 3.44. The summed E-state index contributed by atoms with van der Waals surface area (Å²) >= 11 is 0. The van der Waals surface area contributed by atoms with E-state index < -0.39 is 0 Å². The van der Waals surface area contributed by atoms with Crippen LogP contribution < -0.4 is 5.32 Å². The molecule has 0 saturated heterocycles. The number of rotatable bonds is 8. The average molecular weight is 430 g/mol. The van der Waals surface area contributed by atoms with Crippen LogP contribution in [0.1, 0.15) is 48.4 Å². The standard InChI is InChI=1S/C25H27N5O2/c31-25(19-8-2-1-3-9-19)26-14-15-30-17-27-21-16-20(11-12-22(21)30)24-28-23(32-29-24)13-10-18-6-4-5-7-18/h1-3,8-9,11-12,16-18H,4-7,10,13-15H2,(H,26,31). The third kappa shape index (κ3) is 4.56. The molecular formula is C25H27N5O2. The van der Waals surface area contributed by atoms with E-state index in [0.717, 1.165) is 35.4 Å². The molecule has 1 N–H and O–H groups in total. The summed E-state index contributed by atoms with van der Waals surface area (Å²) in [6.45, 7) is 1.16. The van der Waals surface area contributed by atoms with E-state index in [0.29, 0.717) is 30.4 Å². The third-order valence-electron chi connectivity index (χ3n) is 6.26. The van der Waals surface area contributed by atoms with Gasteiger partial charge in [-0.05, 0) is 42.7 Å². The Morgan fingerprint density at radius 2 is 1.97 bits per heavy atom. The van der Waals surface area contributed by atoms with Gasteiger partial charge in [0.25, 0.3) is 5.91 Å². The summed E-state index contributed by atoms with van der Waals surface area (Å²) in [6, 6.07) is 15.2. The minimum atomic E-state index is -0.0712. The quantitative estimate of drug-likeness (QED) is 0.441. The number of benzene rings is 2. The Kier molecular flexibility index (Phi) is 5.96. The Bertz CT molecular complexity index is 1190. The van der Waals surface area contributed by atoms with Gasteiger partial charge in [0.05, 0.1) is 17.4 Å². The molecule has 32 heavy (non-hydrogen) atoms. The molecule has 1 aliphatic carbocycles. The fourth-order valence-corrected chi connectivity index (χ4v) is 4.46. The van der Waals surface area contributed by atoms with Crippen molar-refractivity contribution >= 4 is 16.9 Å². The Labute approximate surface area is 186 Å². The Balaban J connectivity index is 1.20. The number of hydrogen-bond donors (Lipinski definition) is 1. The molecule has 1 amide bonds. The van der Waals surface area contributed by atoms with Crippen LogP contribution in [0.25, 0.3) is 22.4 Å². The molecule has 2 aromatic heterocycles. The minimum Gasteiger partial charge on any atom is -0.350 e. The number of fused-ring (bicyclic) bond motifs is 1. The number of nitrogens with zero attached hydrogens (tertiary/aromatic N) is 4. The van der Waals surface area contributed by atoms with Gasteiger partial charge >= 0.3 is 0 Å². The SMILES string of the molecule is O=C(NCCn1cnc2cc(-c3noc(CCC4CCCC4)n3)ccc21)c1ccccc1. The van der Waals surface area contributed by atoms with Crippen LogP contribution in [0.5, 0.6) is 0 Å². The number of hydrogen-bond acceptors (Lipinski definition) is 5. The largest absolute Gasteiger partial charge is 0.350 e. The Morgan fingerprint density at radius 3 is 2.81 bits per heavy atom. The zero-order valence-corrected chi connectivity index (χ0v) is 18.0. The lowest BCUT2D eigenvalue weighted by Gasteiger charge is -2.07. The molecule has 0 bridgehead atoms. The van der Waals surface area contributed by atoms with Crippen molar-refractivity contribution in [1.82, 2.24) is 25.0 Å². The molecule has 2 heterocycles. The van der Waals surface area contributed by atoms with E-state index in [1.54, 1.807) is 6.33 Å². The second-order valence-electron chi connectivity index (χ2n) is 8.46. The van der Waals surface area contributed by atoms with E-state index in [1.807, 2.05) is 53.1 Å². The molecule has 0 atom stereocenters. The van der Waals surface area contributed by atoms with E-state index in [9.17, 15) is 4.79 Å². The maximum absolute atomic E-state index is 12.2. The lowest BCUT2D eigenvalue weighted by Crippen LogP contribution is -2.26. The van der Waals surface area contributed by atoms with Crippen molar-refractivity contribution in [3.05, 3.63) is 66.3 Å². The smallest absolute Gasteiger partial charge is 0.251 e. The van der Waals surface area contributed by atoms with Crippen LogP contribution in [0.3, 0.4) is 0 Å². The highest BCUT2D eigenvalue weighted by Gasteiger charge is 2.17. The average Bonchev–Trinajstić information content (AvgIpc) is 3.59. The normalized spacial score (nSPS) is 14.2. The van der Waals surface area contributed by atoms with Crippen molar-refractivity contribution in [3.63, 3.8) is 0 Å². The predicted molar refractivity (Wildman–Crippen MR) is 122 cm³/mol. The lowest BCUT2D eigenvalue weighted by atomic mass is 10.0. The Morgan fingerprint density at radius 1 is 1.12 bits per heavy atom. The molecule has 0 unspecified atom stereocenters. The van der Waals surface area contributed by atoms with Gasteiger partial charge in [-0.3, -0.25) is 4.79 Å². The molecular weight excluding hydrogens is 402 g/mol. The molecule has 4 aromatic rings. The molecule has 5 rings (SSSR count). The number of carbonyl (C=O) groups excluding carboxylic acids is 1. The molecule has 0 radical (unpaired) electrons. The molecule has 7 nitrogen and oxygen atoms in total. The van der Waals surface area contributed by atoms with Crippen molar-refractivity contribution in [3.8, 4) is 11.4 Å².